The Hall–Kier alpha value is -2.28. The first kappa shape index (κ1) is 20.5. The standard InChI is InChI=1S/C19H23FN4O2.C2H6/c1-23-7-5-11(6-8-23)13-10-16-14(9-15(13)20)18(22-24(16)2)12-3-4-17(25)21-19(12)26;1-2/h9-12H,3-8H2,1-2H3,(H,21,25,26);1-2H3. The smallest absolute Gasteiger partial charge is 0.235 e. The van der Waals surface area contributed by atoms with Crippen molar-refractivity contribution in [1.29, 1.82) is 0 Å². The molecule has 28 heavy (non-hydrogen) atoms. The summed E-state index contributed by atoms with van der Waals surface area (Å²) in [5, 5.41) is 7.52. The molecule has 0 saturated carbocycles. The number of carbonyl (C=O) groups excluding carboxylic acids is 2. The number of fused-ring (bicyclic) bond motifs is 1. The van der Waals surface area contributed by atoms with Gasteiger partial charge in [-0.05, 0) is 63.0 Å². The van der Waals surface area contributed by atoms with Crippen molar-refractivity contribution < 1.29 is 14.0 Å². The van der Waals surface area contributed by atoms with Crippen molar-refractivity contribution in [2.45, 2.75) is 51.4 Å². The average Bonchev–Trinajstić information content (AvgIpc) is 2.99. The number of aromatic nitrogens is 2. The van der Waals surface area contributed by atoms with Crippen LogP contribution in [0.4, 0.5) is 4.39 Å². The molecule has 0 aliphatic carbocycles. The number of carbonyl (C=O) groups is 2. The molecular weight excluding hydrogens is 359 g/mol. The molecule has 1 unspecified atom stereocenters. The number of hydrogen-bond acceptors (Lipinski definition) is 4. The third-order valence-corrected chi connectivity index (χ3v) is 5.72. The molecule has 2 saturated heterocycles. The maximum absolute atomic E-state index is 14.9. The number of hydrogen-bond donors (Lipinski definition) is 1. The van der Waals surface area contributed by atoms with E-state index in [0.717, 1.165) is 37.0 Å². The number of benzene rings is 1. The topological polar surface area (TPSA) is 67.2 Å². The van der Waals surface area contributed by atoms with E-state index in [-0.39, 0.29) is 30.0 Å². The number of rotatable bonds is 2. The molecule has 6 nitrogen and oxygen atoms in total. The molecule has 0 spiro atoms. The molecule has 4 rings (SSSR count). The van der Waals surface area contributed by atoms with E-state index in [1.54, 1.807) is 4.68 Å². The summed E-state index contributed by atoms with van der Waals surface area (Å²) in [6.45, 7) is 5.93. The number of halogens is 1. The third-order valence-electron chi connectivity index (χ3n) is 5.72. The van der Waals surface area contributed by atoms with E-state index in [1.165, 1.54) is 6.07 Å². The van der Waals surface area contributed by atoms with E-state index in [9.17, 15) is 14.0 Å². The lowest BCUT2D eigenvalue weighted by Gasteiger charge is -2.29. The zero-order valence-electron chi connectivity index (χ0n) is 17.1. The van der Waals surface area contributed by atoms with E-state index >= 15 is 0 Å². The number of likely N-dealkylation sites (tertiary alicyclic amines) is 1. The third kappa shape index (κ3) is 3.81. The molecule has 1 N–H and O–H groups in total. The Morgan fingerprint density at radius 2 is 1.79 bits per heavy atom. The fourth-order valence-corrected chi connectivity index (χ4v) is 4.16. The van der Waals surface area contributed by atoms with Crippen molar-refractivity contribution in [3.05, 3.63) is 29.2 Å². The highest BCUT2D eigenvalue weighted by atomic mass is 19.1. The van der Waals surface area contributed by atoms with Gasteiger partial charge in [0.2, 0.25) is 11.8 Å². The predicted octanol–water partition coefficient (Wildman–Crippen LogP) is 3.07. The fraction of sp³-hybridized carbons (Fsp3) is 0.571. The molecule has 2 fully saturated rings. The lowest BCUT2D eigenvalue weighted by molar-refractivity contribution is -0.134. The molecular formula is C21H29FN4O2. The van der Waals surface area contributed by atoms with Crippen LogP contribution in [0.15, 0.2) is 12.1 Å². The zero-order chi connectivity index (χ0) is 20.4. The van der Waals surface area contributed by atoms with Crippen molar-refractivity contribution >= 4 is 22.7 Å². The summed E-state index contributed by atoms with van der Waals surface area (Å²) in [6, 6.07) is 3.41. The van der Waals surface area contributed by atoms with Crippen molar-refractivity contribution in [2.24, 2.45) is 7.05 Å². The van der Waals surface area contributed by atoms with Crippen LogP contribution < -0.4 is 5.32 Å². The maximum Gasteiger partial charge on any atom is 0.235 e. The molecule has 2 aromatic rings. The van der Waals surface area contributed by atoms with Crippen molar-refractivity contribution in [2.75, 3.05) is 20.1 Å². The van der Waals surface area contributed by atoms with E-state index in [4.69, 9.17) is 0 Å². The van der Waals surface area contributed by atoms with Gasteiger partial charge in [-0.2, -0.15) is 5.10 Å². The maximum atomic E-state index is 14.9. The van der Waals surface area contributed by atoms with Gasteiger partial charge < -0.3 is 4.90 Å². The summed E-state index contributed by atoms with van der Waals surface area (Å²) in [5.74, 6) is -1.13. The highest BCUT2D eigenvalue weighted by molar-refractivity contribution is 6.02. The van der Waals surface area contributed by atoms with E-state index < -0.39 is 5.92 Å². The summed E-state index contributed by atoms with van der Waals surface area (Å²) in [4.78, 5) is 25.9. The Kier molecular flexibility index (Phi) is 6.13. The molecule has 1 atom stereocenters. The SMILES string of the molecule is CC.CN1CCC(c2cc3c(cc2F)c(C2CCC(=O)NC2=O)nn3C)CC1. The minimum atomic E-state index is -0.509. The van der Waals surface area contributed by atoms with Gasteiger partial charge >= 0.3 is 0 Å². The van der Waals surface area contributed by atoms with Gasteiger partial charge in [-0.15, -0.1) is 0 Å². The number of piperidine rings is 2. The van der Waals surface area contributed by atoms with E-state index in [1.807, 2.05) is 27.0 Å². The van der Waals surface area contributed by atoms with Gasteiger partial charge in [0.25, 0.3) is 0 Å². The minimum Gasteiger partial charge on any atom is -0.306 e. The number of imide groups is 1. The van der Waals surface area contributed by atoms with Crippen LogP contribution in [0.3, 0.4) is 0 Å². The van der Waals surface area contributed by atoms with E-state index in [2.05, 4.69) is 22.4 Å². The number of aryl methyl sites for hydroxylation is 1. The highest BCUT2D eigenvalue weighted by Gasteiger charge is 2.32. The summed E-state index contributed by atoms with van der Waals surface area (Å²) in [6.07, 6.45) is 2.58. The van der Waals surface area contributed by atoms with Crippen LogP contribution >= 0.6 is 0 Å². The first-order valence-corrected chi connectivity index (χ1v) is 10.1. The zero-order valence-corrected chi connectivity index (χ0v) is 17.1. The van der Waals surface area contributed by atoms with Gasteiger partial charge in [-0.3, -0.25) is 19.6 Å². The molecule has 1 aromatic carbocycles. The molecule has 1 aromatic heterocycles. The molecule has 0 radical (unpaired) electrons. The molecule has 7 heteroatoms. The fourth-order valence-electron chi connectivity index (χ4n) is 4.16. The Labute approximate surface area is 165 Å². The Morgan fingerprint density at radius 3 is 2.43 bits per heavy atom. The van der Waals surface area contributed by atoms with Gasteiger partial charge in [0.05, 0.1) is 17.1 Å². The van der Waals surface area contributed by atoms with E-state index in [0.29, 0.717) is 17.5 Å². The molecule has 152 valence electrons. The Bertz CT molecular complexity index is 884. The molecule has 2 aliphatic rings. The van der Waals surface area contributed by atoms with Gasteiger partial charge in [-0.1, -0.05) is 13.8 Å². The monoisotopic (exact) mass is 388 g/mol. The van der Waals surface area contributed by atoms with Crippen LogP contribution in [0.1, 0.15) is 62.6 Å². The molecule has 0 bridgehead atoms. The van der Waals surface area contributed by atoms with Crippen LogP contribution in [-0.4, -0.2) is 46.6 Å². The summed E-state index contributed by atoms with van der Waals surface area (Å²) in [5.41, 5.74) is 2.13. The summed E-state index contributed by atoms with van der Waals surface area (Å²) in [7, 11) is 3.90. The highest BCUT2D eigenvalue weighted by Crippen LogP contribution is 2.35. The van der Waals surface area contributed by atoms with Crippen molar-refractivity contribution in [3.63, 3.8) is 0 Å². The quantitative estimate of drug-likeness (QED) is 0.803. The van der Waals surface area contributed by atoms with Crippen LogP contribution in [0.25, 0.3) is 10.9 Å². The first-order chi connectivity index (χ1) is 13.4. The first-order valence-electron chi connectivity index (χ1n) is 10.1. The van der Waals surface area contributed by atoms with Gasteiger partial charge in [0.15, 0.2) is 0 Å². The normalized spacial score (nSPS) is 21.4. The van der Waals surface area contributed by atoms with Crippen LogP contribution in [0.5, 0.6) is 0 Å². The predicted molar refractivity (Wildman–Crippen MR) is 107 cm³/mol. The van der Waals surface area contributed by atoms with Gasteiger partial charge in [0, 0.05) is 18.9 Å². The van der Waals surface area contributed by atoms with Crippen LogP contribution in [-0.2, 0) is 16.6 Å². The molecule has 2 aliphatic heterocycles. The van der Waals surface area contributed by atoms with Crippen LogP contribution in [0, 0.1) is 5.82 Å². The lowest BCUT2D eigenvalue weighted by Crippen LogP contribution is -2.39. The molecule has 3 heterocycles. The van der Waals surface area contributed by atoms with Crippen molar-refractivity contribution in [1.82, 2.24) is 20.0 Å². The Morgan fingerprint density at radius 1 is 1.11 bits per heavy atom. The summed E-state index contributed by atoms with van der Waals surface area (Å²) >= 11 is 0. The van der Waals surface area contributed by atoms with Crippen LogP contribution in [0.2, 0.25) is 0 Å². The summed E-state index contributed by atoms with van der Waals surface area (Å²) < 4.78 is 16.6. The average molecular weight is 388 g/mol. The second-order valence-electron chi connectivity index (χ2n) is 7.48. The second-order valence-corrected chi connectivity index (χ2v) is 7.48. The largest absolute Gasteiger partial charge is 0.306 e. The van der Waals surface area contributed by atoms with Crippen molar-refractivity contribution in [3.8, 4) is 0 Å². The number of amides is 2. The number of nitrogens with zero attached hydrogens (tertiary/aromatic N) is 3. The minimum absolute atomic E-state index is 0.213. The van der Waals surface area contributed by atoms with Gasteiger partial charge in [0.1, 0.15) is 5.82 Å². The lowest BCUT2D eigenvalue weighted by atomic mass is 9.87. The second kappa shape index (κ2) is 8.39. The van der Waals surface area contributed by atoms with Gasteiger partial charge in [-0.25, -0.2) is 4.39 Å². The Balaban J connectivity index is 0.00000109. The molecule has 2 amide bonds. The number of nitrogens with one attached hydrogen (secondary N) is 1.